The predicted octanol–water partition coefficient (Wildman–Crippen LogP) is 3.25. The number of nitrogens with zero attached hydrogens (tertiary/aromatic N) is 6. The summed E-state index contributed by atoms with van der Waals surface area (Å²) >= 11 is 0. The van der Waals surface area contributed by atoms with Gasteiger partial charge in [-0.3, -0.25) is 10.1 Å². The van der Waals surface area contributed by atoms with Gasteiger partial charge in [0.2, 0.25) is 0 Å². The highest BCUT2D eigenvalue weighted by atomic mass is 16.6. The van der Waals surface area contributed by atoms with Crippen molar-refractivity contribution in [3.63, 3.8) is 0 Å². The second kappa shape index (κ2) is 5.44. The monoisotopic (exact) mass is 311 g/mol. The third-order valence-corrected chi connectivity index (χ3v) is 3.20. The van der Waals surface area contributed by atoms with E-state index in [-0.39, 0.29) is 11.5 Å². The number of anilines is 1. The third-order valence-electron chi connectivity index (χ3n) is 3.20. The Balaban J connectivity index is 2.06. The van der Waals surface area contributed by atoms with Crippen molar-refractivity contribution in [2.24, 2.45) is 10.2 Å². The molecular formula is C14H13N7O2. The number of nitrogens with two attached hydrogens (primary N) is 1. The van der Waals surface area contributed by atoms with Crippen molar-refractivity contribution in [2.45, 2.75) is 13.8 Å². The topological polar surface area (TPSA) is 124 Å². The van der Waals surface area contributed by atoms with Crippen molar-refractivity contribution >= 4 is 28.5 Å². The summed E-state index contributed by atoms with van der Waals surface area (Å²) < 4.78 is 1.59. The first-order valence-electron chi connectivity index (χ1n) is 6.74. The highest BCUT2D eigenvalue weighted by Gasteiger charge is 2.13. The van der Waals surface area contributed by atoms with Gasteiger partial charge in [0.25, 0.3) is 5.69 Å². The molecule has 0 aliphatic heterocycles. The Hall–Kier alpha value is -3.36. The molecule has 0 atom stereocenters. The van der Waals surface area contributed by atoms with Gasteiger partial charge >= 0.3 is 0 Å². The fourth-order valence-corrected chi connectivity index (χ4v) is 2.20. The molecule has 0 radical (unpaired) electrons. The van der Waals surface area contributed by atoms with E-state index in [2.05, 4.69) is 20.3 Å². The number of nitro groups is 1. The molecular weight excluding hydrogens is 298 g/mol. The summed E-state index contributed by atoms with van der Waals surface area (Å²) in [5.41, 5.74) is 8.68. The summed E-state index contributed by atoms with van der Waals surface area (Å²) in [4.78, 5) is 14.7. The van der Waals surface area contributed by atoms with Crippen LogP contribution in [0.4, 0.5) is 22.9 Å². The minimum atomic E-state index is -0.489. The molecule has 0 spiro atoms. The zero-order valence-corrected chi connectivity index (χ0v) is 12.5. The lowest BCUT2D eigenvalue weighted by molar-refractivity contribution is -0.384. The molecule has 116 valence electrons. The summed E-state index contributed by atoms with van der Waals surface area (Å²) in [6.07, 6.45) is 0. The van der Waals surface area contributed by atoms with E-state index in [4.69, 9.17) is 5.73 Å². The Morgan fingerprint density at radius 2 is 2.04 bits per heavy atom. The molecule has 2 N–H and O–H groups in total. The van der Waals surface area contributed by atoms with Gasteiger partial charge < -0.3 is 5.73 Å². The van der Waals surface area contributed by atoms with E-state index >= 15 is 0 Å². The normalized spacial score (nSPS) is 11.4. The molecule has 3 rings (SSSR count). The fourth-order valence-electron chi connectivity index (χ4n) is 2.20. The van der Waals surface area contributed by atoms with E-state index in [0.717, 1.165) is 11.4 Å². The van der Waals surface area contributed by atoms with Gasteiger partial charge in [0.1, 0.15) is 0 Å². The Kier molecular flexibility index (Phi) is 3.45. The van der Waals surface area contributed by atoms with Crippen molar-refractivity contribution in [3.05, 3.63) is 51.8 Å². The van der Waals surface area contributed by atoms with Crippen LogP contribution >= 0.6 is 0 Å². The molecule has 0 saturated carbocycles. The number of benzene rings is 1. The van der Waals surface area contributed by atoms with Gasteiger partial charge in [-0.2, -0.15) is 5.11 Å². The smallest absolute Gasteiger partial charge is 0.271 e. The Morgan fingerprint density at radius 1 is 1.26 bits per heavy atom. The molecule has 0 aliphatic rings. The molecule has 0 aliphatic carbocycles. The summed E-state index contributed by atoms with van der Waals surface area (Å²) in [7, 11) is 0. The standard InChI is InChI=1S/C14H13N7O2/c1-8-6-9(2)20-14(16-8)12(13(15)19-20)18-17-10-4-3-5-11(7-10)21(22)23/h3-7H,1-2H3,(H2,15,19). The van der Waals surface area contributed by atoms with Crippen LogP contribution in [0.2, 0.25) is 0 Å². The number of nitro benzene ring substituents is 1. The zero-order chi connectivity index (χ0) is 16.6. The summed E-state index contributed by atoms with van der Waals surface area (Å²) in [5, 5.41) is 23.0. The summed E-state index contributed by atoms with van der Waals surface area (Å²) in [6, 6.07) is 7.74. The molecule has 23 heavy (non-hydrogen) atoms. The van der Waals surface area contributed by atoms with Crippen LogP contribution in [0.5, 0.6) is 0 Å². The molecule has 2 heterocycles. The molecule has 2 aromatic heterocycles. The van der Waals surface area contributed by atoms with Crippen molar-refractivity contribution < 1.29 is 4.92 Å². The van der Waals surface area contributed by atoms with Crippen LogP contribution in [-0.4, -0.2) is 19.5 Å². The van der Waals surface area contributed by atoms with Gasteiger partial charge in [-0.15, -0.1) is 10.2 Å². The number of fused-ring (bicyclic) bond motifs is 1. The molecule has 0 fully saturated rings. The van der Waals surface area contributed by atoms with E-state index in [9.17, 15) is 10.1 Å². The van der Waals surface area contributed by atoms with E-state index in [1.165, 1.54) is 12.1 Å². The maximum absolute atomic E-state index is 10.8. The lowest BCUT2D eigenvalue weighted by atomic mass is 10.3. The van der Waals surface area contributed by atoms with Gasteiger partial charge in [0, 0.05) is 23.5 Å². The lowest BCUT2D eigenvalue weighted by Gasteiger charge is -1.99. The van der Waals surface area contributed by atoms with Gasteiger partial charge in [-0.1, -0.05) is 6.07 Å². The molecule has 0 unspecified atom stereocenters. The average molecular weight is 311 g/mol. The second-order valence-electron chi connectivity index (χ2n) is 4.99. The lowest BCUT2D eigenvalue weighted by Crippen LogP contribution is -1.97. The number of hydrogen-bond acceptors (Lipinski definition) is 7. The van der Waals surface area contributed by atoms with Crippen LogP contribution < -0.4 is 5.73 Å². The third kappa shape index (κ3) is 2.71. The SMILES string of the molecule is Cc1cc(C)n2nc(N)c(N=Nc3cccc([N+](=O)[O-])c3)c2n1. The maximum atomic E-state index is 10.8. The highest BCUT2D eigenvalue weighted by Crippen LogP contribution is 2.29. The van der Waals surface area contributed by atoms with Crippen LogP contribution in [0.25, 0.3) is 5.65 Å². The molecule has 0 bridgehead atoms. The Labute approximate surface area is 130 Å². The predicted molar refractivity (Wildman–Crippen MR) is 84.1 cm³/mol. The molecule has 0 saturated heterocycles. The minimum Gasteiger partial charge on any atom is -0.380 e. The van der Waals surface area contributed by atoms with E-state index in [1.54, 1.807) is 16.6 Å². The van der Waals surface area contributed by atoms with Crippen molar-refractivity contribution in [1.29, 1.82) is 0 Å². The van der Waals surface area contributed by atoms with E-state index < -0.39 is 4.92 Å². The van der Waals surface area contributed by atoms with Gasteiger partial charge in [-0.25, -0.2) is 9.50 Å². The fraction of sp³-hybridized carbons (Fsp3) is 0.143. The van der Waals surface area contributed by atoms with Gasteiger partial charge in [0.05, 0.1) is 10.6 Å². The Bertz CT molecular complexity index is 946. The highest BCUT2D eigenvalue weighted by molar-refractivity contribution is 5.75. The second-order valence-corrected chi connectivity index (χ2v) is 4.99. The number of non-ortho nitro benzene ring substituents is 1. The van der Waals surface area contributed by atoms with Crippen molar-refractivity contribution in [2.75, 3.05) is 5.73 Å². The van der Waals surface area contributed by atoms with E-state index in [1.807, 2.05) is 19.9 Å². The van der Waals surface area contributed by atoms with E-state index in [0.29, 0.717) is 17.0 Å². The minimum absolute atomic E-state index is 0.0564. The van der Waals surface area contributed by atoms with Crippen LogP contribution in [0.3, 0.4) is 0 Å². The van der Waals surface area contributed by atoms with Crippen LogP contribution in [0.1, 0.15) is 11.4 Å². The first kappa shape index (κ1) is 14.6. The van der Waals surface area contributed by atoms with Crippen molar-refractivity contribution in [3.8, 4) is 0 Å². The maximum Gasteiger partial charge on any atom is 0.271 e. The number of hydrogen-bond donors (Lipinski definition) is 1. The molecule has 1 aromatic carbocycles. The summed E-state index contributed by atoms with van der Waals surface area (Å²) in [5.74, 6) is 0.195. The summed E-state index contributed by atoms with van der Waals surface area (Å²) in [6.45, 7) is 3.74. The van der Waals surface area contributed by atoms with Gasteiger partial charge in [-0.05, 0) is 26.0 Å². The molecule has 9 nitrogen and oxygen atoms in total. The Morgan fingerprint density at radius 3 is 2.78 bits per heavy atom. The molecule has 0 amide bonds. The van der Waals surface area contributed by atoms with Crippen LogP contribution in [0, 0.1) is 24.0 Å². The number of aromatic nitrogens is 3. The number of rotatable bonds is 3. The van der Waals surface area contributed by atoms with Gasteiger partial charge in [0.15, 0.2) is 17.2 Å². The van der Waals surface area contributed by atoms with Crippen LogP contribution in [-0.2, 0) is 0 Å². The largest absolute Gasteiger partial charge is 0.380 e. The van der Waals surface area contributed by atoms with Crippen LogP contribution in [0.15, 0.2) is 40.6 Å². The number of azo groups is 1. The number of aryl methyl sites for hydroxylation is 2. The zero-order valence-electron chi connectivity index (χ0n) is 12.5. The average Bonchev–Trinajstić information content (AvgIpc) is 2.81. The first-order valence-corrected chi connectivity index (χ1v) is 6.74. The van der Waals surface area contributed by atoms with Crippen molar-refractivity contribution in [1.82, 2.24) is 14.6 Å². The quantitative estimate of drug-likeness (QED) is 0.451. The number of nitrogen functional groups attached to an aromatic ring is 1. The molecule has 3 aromatic rings. The first-order chi connectivity index (χ1) is 11.0. The molecule has 9 heteroatoms.